The number of phenols is 1. The predicted octanol–water partition coefficient (Wildman–Crippen LogP) is 2.37. The Morgan fingerprint density at radius 1 is 1.14 bits per heavy atom. The molecule has 0 aromatic heterocycles. The van der Waals surface area contributed by atoms with E-state index in [2.05, 4.69) is 15.9 Å². The summed E-state index contributed by atoms with van der Waals surface area (Å²) in [6, 6.07) is 7.95. The van der Waals surface area contributed by atoms with Gasteiger partial charge >= 0.3 is 0 Å². The second-order valence-electron chi connectivity index (χ2n) is 6.22. The van der Waals surface area contributed by atoms with E-state index in [1.54, 1.807) is 6.07 Å². The van der Waals surface area contributed by atoms with Crippen molar-refractivity contribution in [1.82, 2.24) is 9.80 Å². The monoisotopic (exact) mass is 288 g/mol. The maximum absolute atomic E-state index is 11.9. The zero-order valence-corrected chi connectivity index (χ0v) is 12.5. The fourth-order valence-electron chi connectivity index (χ4n) is 3.58. The maximum Gasteiger partial charge on any atom is 0.222 e. The molecule has 1 atom stereocenters. The minimum absolute atomic E-state index is 0.336. The van der Waals surface area contributed by atoms with Gasteiger partial charge in [0.05, 0.1) is 0 Å². The van der Waals surface area contributed by atoms with Crippen LogP contribution in [0.4, 0.5) is 0 Å². The smallest absolute Gasteiger partial charge is 0.222 e. The van der Waals surface area contributed by atoms with E-state index in [1.165, 1.54) is 0 Å². The number of carbonyl (C=O) groups excluding carboxylic acids is 1. The molecule has 0 radical (unpaired) electrons. The number of nitrogens with zero attached hydrogens (tertiary/aromatic N) is 2. The van der Waals surface area contributed by atoms with Crippen LogP contribution in [0, 0.1) is 0 Å². The van der Waals surface area contributed by atoms with E-state index >= 15 is 0 Å². The molecule has 2 saturated heterocycles. The normalized spacial score (nSPS) is 24.3. The van der Waals surface area contributed by atoms with Crippen LogP contribution in [0.15, 0.2) is 24.3 Å². The van der Waals surface area contributed by atoms with Crippen LogP contribution in [0.3, 0.4) is 0 Å². The highest BCUT2D eigenvalue weighted by Crippen LogP contribution is 2.23. The van der Waals surface area contributed by atoms with Crippen LogP contribution in [0.5, 0.6) is 5.75 Å². The first-order chi connectivity index (χ1) is 10.2. The van der Waals surface area contributed by atoms with E-state index in [0.29, 0.717) is 17.7 Å². The molecule has 114 valence electrons. The van der Waals surface area contributed by atoms with Crippen LogP contribution < -0.4 is 0 Å². The van der Waals surface area contributed by atoms with Gasteiger partial charge in [-0.2, -0.15) is 0 Å². The summed E-state index contributed by atoms with van der Waals surface area (Å²) in [5, 5.41) is 9.55. The fraction of sp³-hybridized carbons (Fsp3) is 0.588. The van der Waals surface area contributed by atoms with Crippen molar-refractivity contribution in [2.45, 2.75) is 44.7 Å². The highest BCUT2D eigenvalue weighted by atomic mass is 16.3. The number of carbonyl (C=O) groups is 1. The molecule has 1 aromatic carbocycles. The summed E-state index contributed by atoms with van der Waals surface area (Å²) < 4.78 is 0. The Morgan fingerprint density at radius 2 is 2.05 bits per heavy atom. The minimum atomic E-state index is 0.336. The topological polar surface area (TPSA) is 43.8 Å². The van der Waals surface area contributed by atoms with Crippen LogP contribution in [0.25, 0.3) is 0 Å². The van der Waals surface area contributed by atoms with Crippen molar-refractivity contribution >= 4 is 5.91 Å². The summed E-state index contributed by atoms with van der Waals surface area (Å²) in [5.74, 6) is 0.685. The van der Waals surface area contributed by atoms with Crippen LogP contribution >= 0.6 is 0 Å². The van der Waals surface area contributed by atoms with Crippen molar-refractivity contribution in [3.8, 4) is 5.75 Å². The molecule has 1 aromatic rings. The van der Waals surface area contributed by atoms with Crippen LogP contribution in [0.1, 0.15) is 37.7 Å². The van der Waals surface area contributed by atoms with E-state index < -0.39 is 0 Å². The number of benzene rings is 1. The number of phenolic OH excluding ortho intramolecular Hbond substituents is 1. The molecule has 2 aliphatic heterocycles. The van der Waals surface area contributed by atoms with Crippen LogP contribution in [-0.4, -0.2) is 46.5 Å². The Morgan fingerprint density at radius 3 is 2.81 bits per heavy atom. The van der Waals surface area contributed by atoms with Crippen molar-refractivity contribution in [2.24, 2.45) is 0 Å². The third kappa shape index (κ3) is 3.56. The number of hydrogen-bond donors (Lipinski definition) is 1. The van der Waals surface area contributed by atoms with Crippen molar-refractivity contribution in [1.29, 1.82) is 0 Å². The summed E-state index contributed by atoms with van der Waals surface area (Å²) in [7, 11) is 0. The van der Waals surface area contributed by atoms with E-state index in [9.17, 15) is 9.90 Å². The molecule has 0 aliphatic carbocycles. The molecule has 0 bridgehead atoms. The molecule has 3 rings (SSSR count). The van der Waals surface area contributed by atoms with Crippen molar-refractivity contribution in [2.75, 3.05) is 19.6 Å². The Labute approximate surface area is 126 Å². The number of aromatic hydroxyl groups is 1. The largest absolute Gasteiger partial charge is 0.508 e. The molecular formula is C17H24N2O2. The molecule has 0 unspecified atom stereocenters. The van der Waals surface area contributed by atoms with Gasteiger partial charge in [0.15, 0.2) is 0 Å². The molecular weight excluding hydrogens is 264 g/mol. The Kier molecular flexibility index (Phi) is 4.44. The summed E-state index contributed by atoms with van der Waals surface area (Å²) in [5.41, 5.74) is 1.16. The first-order valence-electron chi connectivity index (χ1n) is 8.02. The third-order valence-electron chi connectivity index (χ3n) is 4.66. The highest BCUT2D eigenvalue weighted by molar-refractivity contribution is 5.78. The average Bonchev–Trinajstić information content (AvgIpc) is 2.75. The van der Waals surface area contributed by atoms with E-state index in [1.807, 2.05) is 12.1 Å². The van der Waals surface area contributed by atoms with Crippen molar-refractivity contribution in [3.63, 3.8) is 0 Å². The molecule has 2 aliphatic rings. The molecule has 4 heteroatoms. The molecule has 0 saturated carbocycles. The molecule has 4 nitrogen and oxygen atoms in total. The Bertz CT molecular complexity index is 503. The lowest BCUT2D eigenvalue weighted by atomic mass is 10.1. The van der Waals surface area contributed by atoms with Gasteiger partial charge in [0.1, 0.15) is 5.75 Å². The van der Waals surface area contributed by atoms with Crippen LogP contribution in [-0.2, 0) is 11.3 Å². The van der Waals surface area contributed by atoms with Gasteiger partial charge in [-0.05, 0) is 49.9 Å². The van der Waals surface area contributed by atoms with Gasteiger partial charge in [0.2, 0.25) is 5.91 Å². The van der Waals surface area contributed by atoms with E-state index in [4.69, 9.17) is 0 Å². The molecule has 1 N–H and O–H groups in total. The number of amides is 1. The number of hydrogen-bond acceptors (Lipinski definition) is 3. The molecule has 1 amide bonds. The first-order valence-corrected chi connectivity index (χ1v) is 8.02. The SMILES string of the molecule is O=C1CCCN1[C@H]1CCCN(Cc2cccc(O)c2)CC1. The summed E-state index contributed by atoms with van der Waals surface area (Å²) in [6.45, 7) is 3.95. The number of likely N-dealkylation sites (tertiary alicyclic amines) is 2. The lowest BCUT2D eigenvalue weighted by Gasteiger charge is -2.27. The average molecular weight is 288 g/mol. The number of rotatable bonds is 3. The van der Waals surface area contributed by atoms with Gasteiger partial charge in [-0.3, -0.25) is 9.69 Å². The zero-order valence-electron chi connectivity index (χ0n) is 12.5. The van der Waals surface area contributed by atoms with Crippen LogP contribution in [0.2, 0.25) is 0 Å². The standard InChI is InChI=1S/C17H24N2O2/c20-16-6-1-4-14(12-16)13-18-9-2-5-15(8-11-18)19-10-3-7-17(19)21/h1,4,6,12,15,20H,2-3,5,7-11,13H2/t15-/m0/s1. The van der Waals surface area contributed by atoms with E-state index in [-0.39, 0.29) is 0 Å². The summed E-state index contributed by atoms with van der Waals surface area (Å²) in [6.07, 6.45) is 5.12. The summed E-state index contributed by atoms with van der Waals surface area (Å²) in [4.78, 5) is 16.4. The Balaban J connectivity index is 1.57. The first kappa shape index (κ1) is 14.4. The minimum Gasteiger partial charge on any atom is -0.508 e. The lowest BCUT2D eigenvalue weighted by Crippen LogP contribution is -2.36. The quantitative estimate of drug-likeness (QED) is 0.928. The second-order valence-corrected chi connectivity index (χ2v) is 6.22. The zero-order chi connectivity index (χ0) is 14.7. The third-order valence-corrected chi connectivity index (χ3v) is 4.66. The molecule has 21 heavy (non-hydrogen) atoms. The van der Waals surface area contributed by atoms with Gasteiger partial charge in [0.25, 0.3) is 0 Å². The Hall–Kier alpha value is -1.55. The van der Waals surface area contributed by atoms with E-state index in [0.717, 1.165) is 63.8 Å². The van der Waals surface area contributed by atoms with Crippen molar-refractivity contribution in [3.05, 3.63) is 29.8 Å². The second kappa shape index (κ2) is 6.48. The lowest BCUT2D eigenvalue weighted by molar-refractivity contribution is -0.129. The van der Waals surface area contributed by atoms with Crippen molar-refractivity contribution < 1.29 is 9.90 Å². The maximum atomic E-state index is 11.9. The predicted molar refractivity (Wildman–Crippen MR) is 82.0 cm³/mol. The van der Waals surface area contributed by atoms with Gasteiger partial charge < -0.3 is 10.0 Å². The molecule has 2 heterocycles. The fourth-order valence-corrected chi connectivity index (χ4v) is 3.58. The highest BCUT2D eigenvalue weighted by Gasteiger charge is 2.29. The molecule has 2 fully saturated rings. The van der Waals surface area contributed by atoms with Gasteiger partial charge in [0, 0.05) is 32.1 Å². The van der Waals surface area contributed by atoms with Gasteiger partial charge in [-0.25, -0.2) is 0 Å². The summed E-state index contributed by atoms with van der Waals surface area (Å²) >= 11 is 0. The van der Waals surface area contributed by atoms with Gasteiger partial charge in [-0.15, -0.1) is 0 Å². The molecule has 0 spiro atoms. The van der Waals surface area contributed by atoms with Gasteiger partial charge in [-0.1, -0.05) is 12.1 Å².